The summed E-state index contributed by atoms with van der Waals surface area (Å²) in [5.41, 5.74) is 1.67. The van der Waals surface area contributed by atoms with Gasteiger partial charge in [-0.25, -0.2) is 4.39 Å². The monoisotopic (exact) mass is 208 g/mol. The first kappa shape index (κ1) is 11.9. The molecule has 82 valence electrons. The number of Topliss-reactive ketones (excluding diaryl/α,β-unsaturated/α-hetero) is 1. The molecule has 2 heteroatoms. The van der Waals surface area contributed by atoms with Crippen molar-refractivity contribution in [2.75, 3.05) is 0 Å². The van der Waals surface area contributed by atoms with E-state index in [1.807, 2.05) is 19.9 Å². The minimum Gasteiger partial charge on any atom is -0.299 e. The van der Waals surface area contributed by atoms with Crippen molar-refractivity contribution >= 4 is 5.78 Å². The Bertz CT molecular complexity index is 356. The van der Waals surface area contributed by atoms with Crippen molar-refractivity contribution < 1.29 is 9.18 Å². The number of hydrogen-bond donors (Lipinski definition) is 0. The van der Waals surface area contributed by atoms with Crippen molar-refractivity contribution in [2.24, 2.45) is 5.92 Å². The molecule has 0 unspecified atom stereocenters. The molecule has 1 aromatic rings. The number of carbonyl (C=O) groups is 1. The fourth-order valence-electron chi connectivity index (χ4n) is 1.42. The van der Waals surface area contributed by atoms with E-state index < -0.39 is 0 Å². The number of carbonyl (C=O) groups excluding carboxylic acids is 1. The largest absolute Gasteiger partial charge is 0.299 e. The first-order valence-corrected chi connectivity index (χ1v) is 5.28. The number of benzene rings is 1. The number of aryl methyl sites for hydroxylation is 2. The molecule has 1 aromatic carbocycles. The second-order valence-corrected chi connectivity index (χ2v) is 4.20. The minimum atomic E-state index is -0.186. The number of hydrogen-bond acceptors (Lipinski definition) is 1. The van der Waals surface area contributed by atoms with E-state index >= 15 is 0 Å². The van der Waals surface area contributed by atoms with Crippen molar-refractivity contribution in [1.82, 2.24) is 0 Å². The van der Waals surface area contributed by atoms with Crippen LogP contribution in [-0.4, -0.2) is 5.78 Å². The van der Waals surface area contributed by atoms with Crippen LogP contribution >= 0.6 is 0 Å². The molecule has 0 aliphatic rings. The summed E-state index contributed by atoms with van der Waals surface area (Å²) in [5.74, 6) is 0.164. The summed E-state index contributed by atoms with van der Waals surface area (Å²) in [4.78, 5) is 11.4. The van der Waals surface area contributed by atoms with Crippen LogP contribution in [0, 0.1) is 18.7 Å². The van der Waals surface area contributed by atoms with Crippen LogP contribution in [0.1, 0.15) is 31.4 Å². The highest BCUT2D eigenvalue weighted by atomic mass is 19.1. The molecular weight excluding hydrogens is 191 g/mol. The van der Waals surface area contributed by atoms with E-state index in [9.17, 15) is 9.18 Å². The Morgan fingerprint density at radius 2 is 2.07 bits per heavy atom. The highest BCUT2D eigenvalue weighted by Crippen LogP contribution is 2.12. The van der Waals surface area contributed by atoms with Crippen LogP contribution in [0.4, 0.5) is 4.39 Å². The Morgan fingerprint density at radius 1 is 1.40 bits per heavy atom. The molecule has 0 fully saturated rings. The molecule has 1 rings (SSSR count). The first-order valence-electron chi connectivity index (χ1n) is 5.28. The second-order valence-electron chi connectivity index (χ2n) is 4.20. The molecule has 0 aromatic heterocycles. The van der Waals surface area contributed by atoms with E-state index in [1.165, 1.54) is 6.07 Å². The molecule has 0 aliphatic carbocycles. The van der Waals surface area contributed by atoms with Gasteiger partial charge in [0.15, 0.2) is 0 Å². The highest BCUT2D eigenvalue weighted by molar-refractivity contribution is 5.80. The molecular formula is C13H17FO. The lowest BCUT2D eigenvalue weighted by atomic mass is 10.00. The van der Waals surface area contributed by atoms with Gasteiger partial charge in [-0.05, 0) is 30.5 Å². The Labute approximate surface area is 90.3 Å². The second kappa shape index (κ2) is 5.06. The highest BCUT2D eigenvalue weighted by Gasteiger charge is 2.07. The van der Waals surface area contributed by atoms with Crippen molar-refractivity contribution in [3.8, 4) is 0 Å². The summed E-state index contributed by atoms with van der Waals surface area (Å²) in [6.45, 7) is 5.54. The average Bonchev–Trinajstić information content (AvgIpc) is 2.19. The zero-order chi connectivity index (χ0) is 11.4. The van der Waals surface area contributed by atoms with Crippen LogP contribution in [0.25, 0.3) is 0 Å². The summed E-state index contributed by atoms with van der Waals surface area (Å²) < 4.78 is 13.0. The zero-order valence-electron chi connectivity index (χ0n) is 9.51. The van der Waals surface area contributed by atoms with Crippen LogP contribution in [0.5, 0.6) is 0 Å². The van der Waals surface area contributed by atoms with E-state index in [0.29, 0.717) is 18.4 Å². The maximum atomic E-state index is 13.0. The molecule has 0 amide bonds. The smallest absolute Gasteiger partial charge is 0.135 e. The molecule has 0 spiro atoms. The zero-order valence-corrected chi connectivity index (χ0v) is 9.51. The quantitative estimate of drug-likeness (QED) is 0.742. The molecule has 15 heavy (non-hydrogen) atoms. The Kier molecular flexibility index (Phi) is 4.01. The molecule has 1 nitrogen and oxygen atoms in total. The van der Waals surface area contributed by atoms with Gasteiger partial charge in [-0.3, -0.25) is 4.79 Å². The topological polar surface area (TPSA) is 17.1 Å². The number of halogens is 1. The molecule has 0 saturated heterocycles. The van der Waals surface area contributed by atoms with Crippen LogP contribution in [-0.2, 0) is 11.2 Å². The fraction of sp³-hybridized carbons (Fsp3) is 0.462. The molecule has 0 N–H and O–H groups in total. The average molecular weight is 208 g/mol. The maximum absolute atomic E-state index is 13.0. The summed E-state index contributed by atoms with van der Waals surface area (Å²) in [7, 11) is 0. The van der Waals surface area contributed by atoms with Gasteiger partial charge in [0.1, 0.15) is 11.6 Å². The van der Waals surface area contributed by atoms with E-state index in [0.717, 1.165) is 5.56 Å². The lowest BCUT2D eigenvalue weighted by Crippen LogP contribution is -2.07. The lowest BCUT2D eigenvalue weighted by molar-refractivity contribution is -0.121. The molecule has 0 atom stereocenters. The van der Waals surface area contributed by atoms with Gasteiger partial charge < -0.3 is 0 Å². The van der Waals surface area contributed by atoms with E-state index in [1.54, 1.807) is 13.0 Å². The van der Waals surface area contributed by atoms with Gasteiger partial charge in [-0.1, -0.05) is 26.0 Å². The normalized spacial score (nSPS) is 10.7. The third-order valence-electron chi connectivity index (χ3n) is 2.53. The van der Waals surface area contributed by atoms with Gasteiger partial charge in [-0.15, -0.1) is 0 Å². The minimum absolute atomic E-state index is 0.0894. The standard InChI is InChI=1S/C13H17FO/c1-9(2)13(15)7-5-11-4-6-12(14)10(3)8-11/h4,6,8-9H,5,7H2,1-3H3. The predicted molar refractivity (Wildman–Crippen MR) is 59.3 cm³/mol. The Hall–Kier alpha value is -1.18. The Morgan fingerprint density at radius 3 is 2.60 bits per heavy atom. The summed E-state index contributed by atoms with van der Waals surface area (Å²) in [5, 5.41) is 0. The molecule has 0 aliphatic heterocycles. The van der Waals surface area contributed by atoms with Gasteiger partial charge in [0.25, 0.3) is 0 Å². The van der Waals surface area contributed by atoms with Gasteiger partial charge in [-0.2, -0.15) is 0 Å². The van der Waals surface area contributed by atoms with E-state index in [2.05, 4.69) is 0 Å². The maximum Gasteiger partial charge on any atom is 0.135 e. The molecule has 0 heterocycles. The third kappa shape index (κ3) is 3.46. The number of rotatable bonds is 4. The van der Waals surface area contributed by atoms with E-state index in [-0.39, 0.29) is 17.5 Å². The molecule has 0 saturated carbocycles. The van der Waals surface area contributed by atoms with Crippen molar-refractivity contribution in [2.45, 2.75) is 33.6 Å². The van der Waals surface area contributed by atoms with Crippen molar-refractivity contribution in [3.05, 3.63) is 35.1 Å². The van der Waals surface area contributed by atoms with Crippen LogP contribution in [0.15, 0.2) is 18.2 Å². The van der Waals surface area contributed by atoms with Crippen molar-refractivity contribution in [3.63, 3.8) is 0 Å². The van der Waals surface area contributed by atoms with Crippen LogP contribution in [0.2, 0.25) is 0 Å². The number of ketones is 1. The van der Waals surface area contributed by atoms with Gasteiger partial charge in [0.05, 0.1) is 0 Å². The fourth-order valence-corrected chi connectivity index (χ4v) is 1.42. The SMILES string of the molecule is Cc1cc(CCC(=O)C(C)C)ccc1F. The van der Waals surface area contributed by atoms with Crippen LogP contribution < -0.4 is 0 Å². The Balaban J connectivity index is 2.58. The summed E-state index contributed by atoms with van der Waals surface area (Å²) in [6, 6.07) is 5.02. The third-order valence-corrected chi connectivity index (χ3v) is 2.53. The first-order chi connectivity index (χ1) is 7.00. The predicted octanol–water partition coefficient (Wildman–Crippen LogP) is 3.29. The van der Waals surface area contributed by atoms with Crippen LogP contribution in [0.3, 0.4) is 0 Å². The van der Waals surface area contributed by atoms with E-state index in [4.69, 9.17) is 0 Å². The molecule has 0 bridgehead atoms. The van der Waals surface area contributed by atoms with Crippen molar-refractivity contribution in [1.29, 1.82) is 0 Å². The van der Waals surface area contributed by atoms with Gasteiger partial charge in [0.2, 0.25) is 0 Å². The summed E-state index contributed by atoms with van der Waals surface area (Å²) in [6.07, 6.45) is 1.25. The lowest BCUT2D eigenvalue weighted by Gasteiger charge is -2.05. The summed E-state index contributed by atoms with van der Waals surface area (Å²) >= 11 is 0. The van der Waals surface area contributed by atoms with Gasteiger partial charge >= 0.3 is 0 Å². The van der Waals surface area contributed by atoms with Gasteiger partial charge in [0, 0.05) is 12.3 Å². The molecule has 0 radical (unpaired) electrons.